The van der Waals surface area contributed by atoms with Crippen LogP contribution in [0.1, 0.15) is 43.7 Å². The maximum absolute atomic E-state index is 12.1. The third-order valence-corrected chi connectivity index (χ3v) is 3.72. The van der Waals surface area contributed by atoms with Gasteiger partial charge in [-0.1, -0.05) is 19.0 Å². The van der Waals surface area contributed by atoms with Crippen molar-refractivity contribution < 1.29 is 9.32 Å². The predicted molar refractivity (Wildman–Crippen MR) is 102 cm³/mol. The van der Waals surface area contributed by atoms with Crippen molar-refractivity contribution in [3.8, 4) is 11.4 Å². The largest absolute Gasteiger partial charge is 0.339 e. The van der Waals surface area contributed by atoms with Crippen molar-refractivity contribution in [3.05, 3.63) is 41.8 Å². The molecule has 1 amide bonds. The highest BCUT2D eigenvalue weighted by Gasteiger charge is 2.12. The first-order valence-corrected chi connectivity index (χ1v) is 8.39. The van der Waals surface area contributed by atoms with Crippen LogP contribution in [-0.2, 0) is 17.8 Å². The van der Waals surface area contributed by atoms with Crippen LogP contribution in [0.4, 0.5) is 5.69 Å². The first-order valence-electron chi connectivity index (χ1n) is 8.39. The van der Waals surface area contributed by atoms with Gasteiger partial charge in [-0.05, 0) is 24.3 Å². The van der Waals surface area contributed by atoms with E-state index in [2.05, 4.69) is 30.6 Å². The average molecular weight is 392 g/mol. The number of aryl methyl sites for hydroxylation is 1. The Morgan fingerprint density at radius 3 is 2.59 bits per heavy atom. The molecule has 0 bridgehead atoms. The molecule has 0 atom stereocenters. The minimum Gasteiger partial charge on any atom is -0.339 e. The molecule has 0 spiro atoms. The third-order valence-electron chi connectivity index (χ3n) is 3.72. The van der Waals surface area contributed by atoms with Crippen LogP contribution in [0, 0.1) is 0 Å². The number of hydrogen-bond acceptors (Lipinski definition) is 7. The van der Waals surface area contributed by atoms with Crippen LogP contribution in [0.3, 0.4) is 0 Å². The molecule has 2 heterocycles. The van der Waals surface area contributed by atoms with Crippen LogP contribution in [0.5, 0.6) is 0 Å². The number of H-pyrrole nitrogens is 1. The molecular formula is C17H22ClN7O2. The second-order valence-electron chi connectivity index (χ2n) is 6.14. The number of hydrogen-bond donors (Lipinski definition) is 3. The molecule has 3 aromatic rings. The molecule has 27 heavy (non-hydrogen) atoms. The van der Waals surface area contributed by atoms with Gasteiger partial charge in [-0.15, -0.1) is 12.4 Å². The number of benzene rings is 1. The summed E-state index contributed by atoms with van der Waals surface area (Å²) in [6.45, 7) is 4.28. The number of anilines is 1. The monoisotopic (exact) mass is 391 g/mol. The van der Waals surface area contributed by atoms with Gasteiger partial charge in [0, 0.05) is 30.0 Å². The molecule has 10 heteroatoms. The fourth-order valence-electron chi connectivity index (χ4n) is 2.27. The summed E-state index contributed by atoms with van der Waals surface area (Å²) in [4.78, 5) is 20.6. The summed E-state index contributed by atoms with van der Waals surface area (Å²) in [7, 11) is 0. The van der Waals surface area contributed by atoms with Crippen LogP contribution in [0.2, 0.25) is 0 Å². The van der Waals surface area contributed by atoms with Crippen molar-refractivity contribution in [1.82, 2.24) is 25.3 Å². The minimum absolute atomic E-state index is 0. The summed E-state index contributed by atoms with van der Waals surface area (Å²) >= 11 is 0. The van der Waals surface area contributed by atoms with Gasteiger partial charge in [-0.2, -0.15) is 10.1 Å². The van der Waals surface area contributed by atoms with Crippen molar-refractivity contribution in [3.63, 3.8) is 0 Å². The molecule has 1 aromatic carbocycles. The number of amides is 1. The molecule has 0 aliphatic carbocycles. The SMILES string of the molecule is CC(C)c1noc(CCC(=O)Nc2ccc(-c3n[nH]c(CN)n3)cc2)n1.Cl. The fraction of sp³-hybridized carbons (Fsp3) is 0.353. The van der Waals surface area contributed by atoms with E-state index in [0.717, 1.165) is 5.56 Å². The second-order valence-corrected chi connectivity index (χ2v) is 6.14. The average Bonchev–Trinajstić information content (AvgIpc) is 3.30. The van der Waals surface area contributed by atoms with Gasteiger partial charge in [0.25, 0.3) is 0 Å². The molecule has 3 rings (SSSR count). The molecule has 0 saturated carbocycles. The van der Waals surface area contributed by atoms with Crippen molar-refractivity contribution in [2.45, 2.75) is 39.2 Å². The maximum atomic E-state index is 12.1. The zero-order valence-corrected chi connectivity index (χ0v) is 15.9. The Morgan fingerprint density at radius 1 is 1.26 bits per heavy atom. The van der Waals surface area contributed by atoms with Gasteiger partial charge in [0.1, 0.15) is 5.82 Å². The maximum Gasteiger partial charge on any atom is 0.227 e. The topological polar surface area (TPSA) is 136 Å². The van der Waals surface area contributed by atoms with Gasteiger partial charge in [0.2, 0.25) is 11.8 Å². The molecule has 4 N–H and O–H groups in total. The van der Waals surface area contributed by atoms with Crippen LogP contribution in [0.15, 0.2) is 28.8 Å². The molecule has 0 aliphatic heterocycles. The van der Waals surface area contributed by atoms with Gasteiger partial charge in [0.15, 0.2) is 11.6 Å². The zero-order valence-electron chi connectivity index (χ0n) is 15.1. The standard InChI is InChI=1S/C17H21N7O2.ClH/c1-10(2)16-21-15(26-24-16)8-7-14(25)19-12-5-3-11(4-6-12)17-20-13(9-18)22-23-17;/h3-6,10H,7-9,18H2,1-2H3,(H,19,25)(H,20,22,23);1H. The molecule has 2 aromatic heterocycles. The highest BCUT2D eigenvalue weighted by atomic mass is 35.5. The van der Waals surface area contributed by atoms with Crippen molar-refractivity contribution >= 4 is 24.0 Å². The number of nitrogens with zero attached hydrogens (tertiary/aromatic N) is 4. The van der Waals surface area contributed by atoms with Gasteiger partial charge in [0.05, 0.1) is 6.54 Å². The second kappa shape index (κ2) is 9.24. The van der Waals surface area contributed by atoms with E-state index in [1.165, 1.54) is 0 Å². The quantitative estimate of drug-likeness (QED) is 0.562. The highest BCUT2D eigenvalue weighted by Crippen LogP contribution is 2.18. The first-order chi connectivity index (χ1) is 12.5. The smallest absolute Gasteiger partial charge is 0.227 e. The lowest BCUT2D eigenvalue weighted by Crippen LogP contribution is -2.12. The van der Waals surface area contributed by atoms with Crippen molar-refractivity contribution in [1.29, 1.82) is 0 Å². The third kappa shape index (κ3) is 5.35. The lowest BCUT2D eigenvalue weighted by atomic mass is 10.2. The van der Waals surface area contributed by atoms with E-state index in [0.29, 0.717) is 42.0 Å². The van der Waals surface area contributed by atoms with E-state index < -0.39 is 0 Å². The summed E-state index contributed by atoms with van der Waals surface area (Å²) in [5.41, 5.74) is 7.05. The summed E-state index contributed by atoms with van der Waals surface area (Å²) < 4.78 is 5.14. The van der Waals surface area contributed by atoms with Gasteiger partial charge in [-0.3, -0.25) is 9.89 Å². The first kappa shape index (κ1) is 20.5. The summed E-state index contributed by atoms with van der Waals surface area (Å²) in [5, 5.41) is 13.6. The van der Waals surface area contributed by atoms with Crippen molar-refractivity contribution in [2.75, 3.05) is 5.32 Å². The molecule has 0 aliphatic rings. The normalized spacial score (nSPS) is 10.7. The van der Waals surface area contributed by atoms with E-state index in [1.54, 1.807) is 12.1 Å². The molecule has 144 valence electrons. The summed E-state index contributed by atoms with van der Waals surface area (Å²) in [5.74, 6) is 2.40. The molecule has 0 saturated heterocycles. The Morgan fingerprint density at radius 2 is 2.00 bits per heavy atom. The van der Waals surface area contributed by atoms with E-state index in [4.69, 9.17) is 10.3 Å². The molecular weight excluding hydrogens is 370 g/mol. The van der Waals surface area contributed by atoms with Crippen molar-refractivity contribution in [2.24, 2.45) is 5.73 Å². The van der Waals surface area contributed by atoms with Crippen LogP contribution in [0.25, 0.3) is 11.4 Å². The number of nitrogens with one attached hydrogen (secondary N) is 2. The summed E-state index contributed by atoms with van der Waals surface area (Å²) in [6, 6.07) is 7.28. The minimum atomic E-state index is -0.120. The zero-order chi connectivity index (χ0) is 18.5. The lowest BCUT2D eigenvalue weighted by molar-refractivity contribution is -0.116. The Balaban J connectivity index is 0.00000261. The number of carbonyl (C=O) groups is 1. The molecule has 0 unspecified atom stereocenters. The van der Waals surface area contributed by atoms with Gasteiger partial charge in [-0.25, -0.2) is 4.98 Å². The van der Waals surface area contributed by atoms with E-state index in [9.17, 15) is 4.79 Å². The van der Waals surface area contributed by atoms with E-state index >= 15 is 0 Å². The Hall–Kier alpha value is -2.78. The fourth-order valence-corrected chi connectivity index (χ4v) is 2.27. The number of rotatable bonds is 7. The number of carbonyl (C=O) groups excluding carboxylic acids is 1. The summed E-state index contributed by atoms with van der Waals surface area (Å²) in [6.07, 6.45) is 0.672. The molecule has 9 nitrogen and oxygen atoms in total. The predicted octanol–water partition coefficient (Wildman–Crippen LogP) is 2.43. The molecule has 0 fully saturated rings. The van der Waals surface area contributed by atoms with Crippen LogP contribution >= 0.6 is 12.4 Å². The van der Waals surface area contributed by atoms with E-state index in [1.807, 2.05) is 26.0 Å². The Kier molecular flexibility index (Phi) is 7.03. The lowest BCUT2D eigenvalue weighted by Gasteiger charge is -2.04. The van der Waals surface area contributed by atoms with Crippen LogP contribution in [-0.4, -0.2) is 31.2 Å². The van der Waals surface area contributed by atoms with Gasteiger partial charge < -0.3 is 15.6 Å². The molecule has 0 radical (unpaired) electrons. The number of halogens is 1. The Labute approximate surface area is 162 Å². The number of nitrogens with two attached hydrogens (primary N) is 1. The number of aromatic nitrogens is 5. The Bertz CT molecular complexity index is 874. The highest BCUT2D eigenvalue weighted by molar-refractivity contribution is 5.91. The van der Waals surface area contributed by atoms with E-state index in [-0.39, 0.29) is 30.7 Å². The van der Waals surface area contributed by atoms with Crippen LogP contribution < -0.4 is 11.1 Å². The number of aromatic amines is 1. The van der Waals surface area contributed by atoms with Gasteiger partial charge >= 0.3 is 0 Å².